The Morgan fingerprint density at radius 3 is 2.58 bits per heavy atom. The van der Waals surface area contributed by atoms with Crippen LogP contribution in [0.5, 0.6) is 0 Å². The molecule has 1 aromatic heterocycles. The first-order valence-electron chi connectivity index (χ1n) is 10.6. The molecule has 0 saturated heterocycles. The Balaban J connectivity index is 1.39. The fraction of sp³-hybridized carbons (Fsp3) is 0.375. The van der Waals surface area contributed by atoms with Crippen LogP contribution < -0.4 is 0 Å². The lowest BCUT2D eigenvalue weighted by Crippen LogP contribution is -2.43. The van der Waals surface area contributed by atoms with Crippen molar-refractivity contribution in [1.82, 2.24) is 10.1 Å². The normalized spacial score (nSPS) is 14.5. The molecule has 0 atom stereocenters. The Morgan fingerprint density at radius 2 is 1.81 bits per heavy atom. The van der Waals surface area contributed by atoms with Crippen molar-refractivity contribution >= 4 is 22.8 Å². The number of hydrogen-bond donors (Lipinski definition) is 0. The van der Waals surface area contributed by atoms with Crippen molar-refractivity contribution < 1.29 is 23.2 Å². The predicted octanol–water partition coefficient (Wildman–Crippen LogP) is 4.41. The molecule has 1 saturated carbocycles. The lowest BCUT2D eigenvalue weighted by atomic mass is 9.93. The fourth-order valence-corrected chi connectivity index (χ4v) is 4.08. The molecule has 0 unspecified atom stereocenters. The van der Waals surface area contributed by atoms with Gasteiger partial charge in [0.15, 0.2) is 12.2 Å². The Kier molecular flexibility index (Phi) is 6.60. The van der Waals surface area contributed by atoms with Crippen LogP contribution >= 0.6 is 0 Å². The van der Waals surface area contributed by atoms with Gasteiger partial charge in [0.2, 0.25) is 0 Å². The highest BCUT2D eigenvalue weighted by molar-refractivity contribution is 5.85. The molecular weight excluding hydrogens is 399 g/mol. The largest absolute Gasteiger partial charge is 0.455 e. The molecular formula is C24H25FN2O4. The number of benzene rings is 2. The van der Waals surface area contributed by atoms with Gasteiger partial charge in [-0.05, 0) is 42.7 Å². The van der Waals surface area contributed by atoms with E-state index in [0.29, 0.717) is 17.8 Å². The van der Waals surface area contributed by atoms with E-state index in [1.165, 1.54) is 12.1 Å². The van der Waals surface area contributed by atoms with Crippen LogP contribution in [0.2, 0.25) is 0 Å². The average molecular weight is 424 g/mol. The van der Waals surface area contributed by atoms with Crippen molar-refractivity contribution in [2.75, 3.05) is 6.61 Å². The predicted molar refractivity (Wildman–Crippen MR) is 112 cm³/mol. The fourth-order valence-electron chi connectivity index (χ4n) is 4.08. The van der Waals surface area contributed by atoms with Gasteiger partial charge in [-0.15, -0.1) is 0 Å². The molecule has 1 amide bonds. The topological polar surface area (TPSA) is 72.6 Å². The molecule has 0 bridgehead atoms. The standard InChI is InChI=1S/C24H25FN2O4/c25-18-12-10-17(11-13-18)15-27(19-6-2-1-3-7-19)23(28)16-30-24(29)14-21-20-8-4-5-9-22(20)31-26-21/h4-5,8-13,19H,1-3,6-7,14-16H2. The van der Waals surface area contributed by atoms with Crippen LogP contribution in [-0.2, 0) is 27.3 Å². The number of amides is 1. The van der Waals surface area contributed by atoms with E-state index in [2.05, 4.69) is 5.16 Å². The quantitative estimate of drug-likeness (QED) is 0.525. The highest BCUT2D eigenvalue weighted by Crippen LogP contribution is 2.25. The maximum absolute atomic E-state index is 13.3. The van der Waals surface area contributed by atoms with E-state index in [1.54, 1.807) is 23.1 Å². The summed E-state index contributed by atoms with van der Waals surface area (Å²) in [6.07, 6.45) is 5.08. The van der Waals surface area contributed by atoms with Gasteiger partial charge in [-0.2, -0.15) is 0 Å². The summed E-state index contributed by atoms with van der Waals surface area (Å²) in [5.41, 5.74) is 1.94. The van der Waals surface area contributed by atoms with Crippen LogP contribution in [-0.4, -0.2) is 34.6 Å². The summed E-state index contributed by atoms with van der Waals surface area (Å²) in [4.78, 5) is 27.1. The van der Waals surface area contributed by atoms with Gasteiger partial charge in [0, 0.05) is 18.0 Å². The first-order valence-corrected chi connectivity index (χ1v) is 10.6. The molecule has 2 aromatic carbocycles. The van der Waals surface area contributed by atoms with Crippen LogP contribution in [0.25, 0.3) is 11.0 Å². The lowest BCUT2D eigenvalue weighted by molar-refractivity contribution is -0.153. The van der Waals surface area contributed by atoms with Crippen LogP contribution in [0, 0.1) is 5.82 Å². The molecule has 162 valence electrons. The second-order valence-corrected chi connectivity index (χ2v) is 7.90. The maximum atomic E-state index is 13.3. The summed E-state index contributed by atoms with van der Waals surface area (Å²) in [7, 11) is 0. The van der Waals surface area contributed by atoms with Gasteiger partial charge < -0.3 is 14.2 Å². The van der Waals surface area contributed by atoms with Gasteiger partial charge >= 0.3 is 5.97 Å². The number of esters is 1. The monoisotopic (exact) mass is 424 g/mol. The Morgan fingerprint density at radius 1 is 1.06 bits per heavy atom. The van der Waals surface area contributed by atoms with E-state index in [4.69, 9.17) is 9.26 Å². The minimum atomic E-state index is -0.530. The Labute approximate surface area is 180 Å². The summed E-state index contributed by atoms with van der Waals surface area (Å²) < 4.78 is 23.7. The van der Waals surface area contributed by atoms with Crippen LogP contribution in [0.3, 0.4) is 0 Å². The van der Waals surface area contributed by atoms with E-state index in [-0.39, 0.29) is 30.8 Å². The van der Waals surface area contributed by atoms with Gasteiger partial charge in [-0.1, -0.05) is 48.7 Å². The zero-order valence-corrected chi connectivity index (χ0v) is 17.3. The molecule has 4 rings (SSSR count). The van der Waals surface area contributed by atoms with Crippen molar-refractivity contribution in [3.05, 3.63) is 65.6 Å². The van der Waals surface area contributed by atoms with Gasteiger partial charge in [0.25, 0.3) is 5.91 Å². The zero-order chi connectivity index (χ0) is 21.6. The number of fused-ring (bicyclic) bond motifs is 1. The number of nitrogens with zero attached hydrogens (tertiary/aromatic N) is 2. The van der Waals surface area contributed by atoms with Crippen LogP contribution in [0.4, 0.5) is 4.39 Å². The van der Waals surface area contributed by atoms with Crippen LogP contribution in [0.1, 0.15) is 43.4 Å². The van der Waals surface area contributed by atoms with Gasteiger partial charge in [-0.25, -0.2) is 4.39 Å². The van der Waals surface area contributed by atoms with E-state index in [0.717, 1.165) is 43.1 Å². The first-order chi connectivity index (χ1) is 15.1. The number of aromatic nitrogens is 1. The van der Waals surface area contributed by atoms with Crippen molar-refractivity contribution in [2.24, 2.45) is 0 Å². The molecule has 6 nitrogen and oxygen atoms in total. The SMILES string of the molecule is O=C(Cc1noc2ccccc12)OCC(=O)N(Cc1ccc(F)cc1)C1CCCCC1. The number of hydrogen-bond acceptors (Lipinski definition) is 5. The molecule has 1 fully saturated rings. The molecule has 1 aliphatic carbocycles. The third kappa shape index (κ3) is 5.29. The smallest absolute Gasteiger partial charge is 0.312 e. The van der Waals surface area contributed by atoms with E-state index >= 15 is 0 Å². The minimum absolute atomic E-state index is 0.0638. The van der Waals surface area contributed by atoms with Gasteiger partial charge in [0.1, 0.15) is 11.5 Å². The second kappa shape index (κ2) is 9.73. The molecule has 1 heterocycles. The number of rotatable bonds is 7. The van der Waals surface area contributed by atoms with E-state index < -0.39 is 5.97 Å². The number of ether oxygens (including phenoxy) is 1. The Bertz CT molecular complexity index is 1040. The zero-order valence-electron chi connectivity index (χ0n) is 17.3. The summed E-state index contributed by atoms with van der Waals surface area (Å²) in [6, 6.07) is 13.5. The molecule has 0 N–H and O–H groups in total. The second-order valence-electron chi connectivity index (χ2n) is 7.90. The van der Waals surface area contributed by atoms with Crippen molar-refractivity contribution in [3.8, 4) is 0 Å². The molecule has 0 aliphatic heterocycles. The number of carbonyl (C=O) groups is 2. The number of carbonyl (C=O) groups excluding carboxylic acids is 2. The highest BCUT2D eigenvalue weighted by Gasteiger charge is 2.26. The minimum Gasteiger partial charge on any atom is -0.455 e. The van der Waals surface area contributed by atoms with Crippen molar-refractivity contribution in [2.45, 2.75) is 51.1 Å². The summed E-state index contributed by atoms with van der Waals surface area (Å²) in [6.45, 7) is 0.0432. The van der Waals surface area contributed by atoms with Crippen LogP contribution in [0.15, 0.2) is 53.1 Å². The third-order valence-electron chi connectivity index (χ3n) is 5.72. The van der Waals surface area contributed by atoms with E-state index in [1.807, 2.05) is 18.2 Å². The molecule has 31 heavy (non-hydrogen) atoms. The highest BCUT2D eigenvalue weighted by atomic mass is 19.1. The third-order valence-corrected chi connectivity index (χ3v) is 5.72. The first kappa shape index (κ1) is 21.0. The molecule has 0 radical (unpaired) electrons. The lowest BCUT2D eigenvalue weighted by Gasteiger charge is -2.34. The maximum Gasteiger partial charge on any atom is 0.312 e. The van der Waals surface area contributed by atoms with Gasteiger partial charge in [-0.3, -0.25) is 9.59 Å². The van der Waals surface area contributed by atoms with Crippen molar-refractivity contribution in [3.63, 3.8) is 0 Å². The average Bonchev–Trinajstić information content (AvgIpc) is 3.20. The van der Waals surface area contributed by atoms with Crippen molar-refractivity contribution in [1.29, 1.82) is 0 Å². The summed E-state index contributed by atoms with van der Waals surface area (Å²) in [5.74, 6) is -1.08. The molecule has 0 spiro atoms. The Hall–Kier alpha value is -3.22. The number of para-hydroxylation sites is 1. The summed E-state index contributed by atoms with van der Waals surface area (Å²) >= 11 is 0. The molecule has 1 aliphatic rings. The number of halogens is 1. The molecule has 3 aromatic rings. The van der Waals surface area contributed by atoms with E-state index in [9.17, 15) is 14.0 Å². The molecule has 7 heteroatoms. The van der Waals surface area contributed by atoms with Gasteiger partial charge in [0.05, 0.1) is 6.42 Å². The summed E-state index contributed by atoms with van der Waals surface area (Å²) in [5, 5.41) is 4.69.